The van der Waals surface area contributed by atoms with Gasteiger partial charge in [0.25, 0.3) is 0 Å². The van der Waals surface area contributed by atoms with E-state index in [2.05, 4.69) is 24.7 Å². The zero-order chi connectivity index (χ0) is 10.3. The van der Waals surface area contributed by atoms with Crippen LogP contribution in [-0.4, -0.2) is 11.6 Å². The summed E-state index contributed by atoms with van der Waals surface area (Å²) in [6, 6.07) is 0. The molecule has 13 heavy (non-hydrogen) atoms. The number of nitrogens with zero attached hydrogens (tertiary/aromatic N) is 1. The lowest BCUT2D eigenvalue weighted by molar-refractivity contribution is 0.498. The molecule has 0 aromatic rings. The van der Waals surface area contributed by atoms with Gasteiger partial charge in [0.15, 0.2) is 0 Å². The van der Waals surface area contributed by atoms with Crippen LogP contribution in [0.1, 0.15) is 19.8 Å². The van der Waals surface area contributed by atoms with Crippen molar-refractivity contribution >= 4 is 6.08 Å². The molecule has 70 valence electrons. The maximum absolute atomic E-state index is 10.3. The summed E-state index contributed by atoms with van der Waals surface area (Å²) in [7, 11) is 0. The van der Waals surface area contributed by atoms with Crippen molar-refractivity contribution in [3.63, 3.8) is 0 Å². The van der Waals surface area contributed by atoms with E-state index < -0.39 is 5.54 Å². The van der Waals surface area contributed by atoms with Gasteiger partial charge >= 0.3 is 0 Å². The highest BCUT2D eigenvalue weighted by Crippen LogP contribution is 2.28. The van der Waals surface area contributed by atoms with Crippen LogP contribution in [0.3, 0.4) is 0 Å². The Labute approximate surface area is 79.4 Å². The summed E-state index contributed by atoms with van der Waals surface area (Å²) in [5, 5.41) is 0. The lowest BCUT2D eigenvalue weighted by Gasteiger charge is -2.25. The molecule has 0 bridgehead atoms. The molecule has 0 radical (unpaired) electrons. The van der Waals surface area contributed by atoms with E-state index in [1.54, 1.807) is 18.2 Å². The van der Waals surface area contributed by atoms with E-state index in [9.17, 15) is 4.79 Å². The second-order valence-electron chi connectivity index (χ2n) is 3.00. The van der Waals surface area contributed by atoms with E-state index >= 15 is 0 Å². The second kappa shape index (κ2) is 5.28. The van der Waals surface area contributed by atoms with E-state index in [1.807, 2.05) is 6.92 Å². The molecule has 0 spiro atoms. The normalized spacial score (nSPS) is 9.92. The summed E-state index contributed by atoms with van der Waals surface area (Å²) in [5.41, 5.74) is 0.251. The van der Waals surface area contributed by atoms with Gasteiger partial charge in [0.2, 0.25) is 6.08 Å². The third kappa shape index (κ3) is 2.85. The number of isocyanates is 1. The first-order valence-electron chi connectivity index (χ1n) is 4.09. The molecule has 2 heteroatoms. The largest absolute Gasteiger partial charge is 0.235 e. The average molecular weight is 177 g/mol. The molecule has 0 rings (SSSR count). The average Bonchev–Trinajstić information content (AvgIpc) is 2.05. The molecular weight excluding hydrogens is 162 g/mol. The molecule has 0 saturated carbocycles. The van der Waals surface area contributed by atoms with Crippen molar-refractivity contribution in [2.75, 3.05) is 0 Å². The van der Waals surface area contributed by atoms with Crippen LogP contribution in [0.2, 0.25) is 0 Å². The van der Waals surface area contributed by atoms with Crippen LogP contribution in [0.15, 0.2) is 42.5 Å². The molecule has 0 saturated heterocycles. The Morgan fingerprint density at radius 2 is 1.92 bits per heavy atom. The van der Waals surface area contributed by atoms with E-state index in [-0.39, 0.29) is 0 Å². The Hall–Kier alpha value is -1.40. The molecule has 0 aliphatic heterocycles. The van der Waals surface area contributed by atoms with E-state index in [0.29, 0.717) is 12.8 Å². The predicted octanol–water partition coefficient (Wildman–Crippen LogP) is 2.79. The minimum atomic E-state index is -0.578. The summed E-state index contributed by atoms with van der Waals surface area (Å²) >= 11 is 0. The van der Waals surface area contributed by atoms with Crippen LogP contribution in [-0.2, 0) is 4.79 Å². The van der Waals surface area contributed by atoms with Crippen molar-refractivity contribution in [1.29, 1.82) is 0 Å². The number of hydrogen-bond acceptors (Lipinski definition) is 2. The maximum atomic E-state index is 10.3. The Balaban J connectivity index is 5.00. The monoisotopic (exact) mass is 177 g/mol. The lowest BCUT2D eigenvalue weighted by atomic mass is 9.85. The number of aliphatic imine (C=N–C) groups is 1. The first-order valence-corrected chi connectivity index (χ1v) is 4.09. The van der Waals surface area contributed by atoms with Gasteiger partial charge in [0.1, 0.15) is 5.54 Å². The molecule has 2 nitrogen and oxygen atoms in total. The fourth-order valence-electron chi connectivity index (χ4n) is 1.18. The Morgan fingerprint density at radius 3 is 2.15 bits per heavy atom. The first-order chi connectivity index (χ1) is 6.13. The summed E-state index contributed by atoms with van der Waals surface area (Å²) in [5.74, 6) is 0. The molecule has 0 atom stereocenters. The van der Waals surface area contributed by atoms with Gasteiger partial charge in [-0.3, -0.25) is 0 Å². The Kier molecular flexibility index (Phi) is 4.71. The molecule has 0 amide bonds. The van der Waals surface area contributed by atoms with Gasteiger partial charge in [0, 0.05) is 0 Å². The van der Waals surface area contributed by atoms with Gasteiger partial charge in [-0.15, -0.1) is 13.2 Å². The van der Waals surface area contributed by atoms with Gasteiger partial charge in [-0.05, 0) is 19.8 Å². The first kappa shape index (κ1) is 11.6. The molecule has 0 unspecified atom stereocenters. The molecule has 0 aromatic carbocycles. The minimum Gasteiger partial charge on any atom is -0.211 e. The molecule has 0 N–H and O–H groups in total. The number of carbonyl (C=O) groups excluding carboxylic acids is 1. The third-order valence-corrected chi connectivity index (χ3v) is 2.02. The van der Waals surface area contributed by atoms with Crippen molar-refractivity contribution in [2.24, 2.45) is 4.99 Å². The van der Waals surface area contributed by atoms with Gasteiger partial charge in [-0.1, -0.05) is 24.3 Å². The SMILES string of the molecule is C=CCC(CC=C)(N=C=O)C(=C)C. The zero-order valence-corrected chi connectivity index (χ0v) is 8.05. The number of hydrogen-bond donors (Lipinski definition) is 0. The molecule has 0 aliphatic carbocycles. The third-order valence-electron chi connectivity index (χ3n) is 2.02. The van der Waals surface area contributed by atoms with Crippen LogP contribution >= 0.6 is 0 Å². The summed E-state index contributed by atoms with van der Waals surface area (Å²) in [6.07, 6.45) is 6.19. The van der Waals surface area contributed by atoms with Crippen molar-refractivity contribution < 1.29 is 4.79 Å². The summed E-state index contributed by atoms with van der Waals surface area (Å²) in [6.45, 7) is 12.9. The molecule has 0 heterocycles. The molecule has 0 aliphatic rings. The van der Waals surface area contributed by atoms with Gasteiger partial charge in [-0.25, -0.2) is 4.79 Å². The maximum Gasteiger partial charge on any atom is 0.235 e. The van der Waals surface area contributed by atoms with Gasteiger partial charge in [-0.2, -0.15) is 4.99 Å². The van der Waals surface area contributed by atoms with E-state index in [1.165, 1.54) is 0 Å². The quantitative estimate of drug-likeness (QED) is 0.348. The van der Waals surface area contributed by atoms with Crippen LogP contribution in [0.4, 0.5) is 0 Å². The van der Waals surface area contributed by atoms with Crippen LogP contribution in [0, 0.1) is 0 Å². The fraction of sp³-hybridized carbons (Fsp3) is 0.364. The van der Waals surface area contributed by atoms with Gasteiger partial charge in [0.05, 0.1) is 0 Å². The molecular formula is C11H15NO. The highest BCUT2D eigenvalue weighted by Gasteiger charge is 2.27. The second-order valence-corrected chi connectivity index (χ2v) is 3.00. The molecule has 0 aromatic heterocycles. The minimum absolute atomic E-state index is 0.578. The van der Waals surface area contributed by atoms with Crippen molar-refractivity contribution in [2.45, 2.75) is 25.3 Å². The Bertz CT molecular complexity index is 245. The van der Waals surface area contributed by atoms with E-state index in [0.717, 1.165) is 5.57 Å². The standard InChI is InChI=1S/C11H15NO/c1-5-7-11(8-6-2,10(3)4)12-9-13/h5-6H,1-3,7-8H2,4H3. The van der Waals surface area contributed by atoms with Crippen molar-refractivity contribution in [3.05, 3.63) is 37.5 Å². The topological polar surface area (TPSA) is 29.4 Å². The summed E-state index contributed by atoms with van der Waals surface area (Å²) in [4.78, 5) is 14.1. The zero-order valence-electron chi connectivity index (χ0n) is 8.05. The fourth-order valence-corrected chi connectivity index (χ4v) is 1.18. The van der Waals surface area contributed by atoms with Gasteiger partial charge < -0.3 is 0 Å². The Morgan fingerprint density at radius 1 is 1.46 bits per heavy atom. The van der Waals surface area contributed by atoms with E-state index in [4.69, 9.17) is 0 Å². The van der Waals surface area contributed by atoms with Crippen LogP contribution in [0.25, 0.3) is 0 Å². The lowest BCUT2D eigenvalue weighted by Crippen LogP contribution is -2.26. The number of rotatable bonds is 6. The smallest absolute Gasteiger partial charge is 0.211 e. The van der Waals surface area contributed by atoms with Crippen LogP contribution < -0.4 is 0 Å². The molecule has 0 fully saturated rings. The van der Waals surface area contributed by atoms with Crippen molar-refractivity contribution in [3.8, 4) is 0 Å². The highest BCUT2D eigenvalue weighted by atomic mass is 16.1. The summed E-state index contributed by atoms with van der Waals surface area (Å²) < 4.78 is 0. The highest BCUT2D eigenvalue weighted by molar-refractivity contribution is 5.38. The van der Waals surface area contributed by atoms with Crippen LogP contribution in [0.5, 0.6) is 0 Å². The predicted molar refractivity (Wildman–Crippen MR) is 55.3 cm³/mol. The van der Waals surface area contributed by atoms with Crippen molar-refractivity contribution in [1.82, 2.24) is 0 Å².